The van der Waals surface area contributed by atoms with Crippen molar-refractivity contribution in [1.29, 1.82) is 0 Å². The van der Waals surface area contributed by atoms with Gasteiger partial charge in [-0.05, 0) is 42.2 Å². The van der Waals surface area contributed by atoms with Crippen LogP contribution in [0, 0.1) is 5.82 Å². The Balaban J connectivity index is 1.80. The summed E-state index contributed by atoms with van der Waals surface area (Å²) in [4.78, 5) is 18.0. The fraction of sp³-hybridized carbons (Fsp3) is 0.348. The maximum absolute atomic E-state index is 14.0. The third-order valence-electron chi connectivity index (χ3n) is 6.34. The molecule has 2 aromatic carbocycles. The summed E-state index contributed by atoms with van der Waals surface area (Å²) >= 11 is 0. The zero-order valence-electron chi connectivity index (χ0n) is 16.7. The van der Waals surface area contributed by atoms with Crippen molar-refractivity contribution < 1.29 is 18.7 Å². The van der Waals surface area contributed by atoms with Gasteiger partial charge in [0.25, 0.3) is 0 Å². The van der Waals surface area contributed by atoms with Crippen LogP contribution in [0.1, 0.15) is 42.6 Å². The number of carbonyl (C=O) groups excluding carboxylic acids is 1. The normalized spacial score (nSPS) is 19.3. The molecule has 1 atom stereocenters. The Morgan fingerprint density at radius 2 is 1.90 bits per heavy atom. The lowest BCUT2D eigenvalue weighted by Gasteiger charge is -2.40. The van der Waals surface area contributed by atoms with Crippen molar-refractivity contribution in [3.8, 4) is 11.5 Å². The highest BCUT2D eigenvalue weighted by molar-refractivity contribution is 5.91. The molecule has 1 fully saturated rings. The first-order valence-corrected chi connectivity index (χ1v) is 9.78. The third-order valence-corrected chi connectivity index (χ3v) is 6.34. The molecule has 1 amide bonds. The summed E-state index contributed by atoms with van der Waals surface area (Å²) in [5.41, 5.74) is 3.83. The number of H-pyrrole nitrogens is 1. The Hall–Kier alpha value is -3.02. The van der Waals surface area contributed by atoms with Crippen LogP contribution in [0.15, 0.2) is 36.4 Å². The number of amides is 1. The SMILES string of the molecule is COc1cc2[nH]c3c(c2cc1OC)C1(CC1)CN(C(C)=O)C3c1cccc(F)c1. The predicted molar refractivity (Wildman–Crippen MR) is 108 cm³/mol. The fourth-order valence-corrected chi connectivity index (χ4v) is 4.85. The van der Waals surface area contributed by atoms with Crippen LogP contribution in [0.2, 0.25) is 0 Å². The number of nitrogens with one attached hydrogen (secondary N) is 1. The van der Waals surface area contributed by atoms with Gasteiger partial charge in [0, 0.05) is 41.5 Å². The zero-order chi connectivity index (χ0) is 20.3. The average molecular weight is 394 g/mol. The van der Waals surface area contributed by atoms with Crippen LogP contribution in [0.25, 0.3) is 10.9 Å². The van der Waals surface area contributed by atoms with Crippen molar-refractivity contribution in [3.63, 3.8) is 0 Å². The zero-order valence-corrected chi connectivity index (χ0v) is 16.7. The van der Waals surface area contributed by atoms with Crippen LogP contribution in [0.4, 0.5) is 4.39 Å². The van der Waals surface area contributed by atoms with Gasteiger partial charge >= 0.3 is 0 Å². The molecular weight excluding hydrogens is 371 g/mol. The molecule has 1 aromatic heterocycles. The summed E-state index contributed by atoms with van der Waals surface area (Å²) in [7, 11) is 3.24. The number of hydrogen-bond donors (Lipinski definition) is 1. The van der Waals surface area contributed by atoms with Crippen LogP contribution in [-0.2, 0) is 10.2 Å². The molecule has 150 valence electrons. The molecule has 1 saturated carbocycles. The second-order valence-electron chi connectivity index (χ2n) is 8.05. The monoisotopic (exact) mass is 394 g/mol. The van der Waals surface area contributed by atoms with Crippen molar-refractivity contribution >= 4 is 16.8 Å². The molecule has 2 aliphatic rings. The number of methoxy groups -OCH3 is 2. The van der Waals surface area contributed by atoms with Crippen LogP contribution < -0.4 is 9.47 Å². The van der Waals surface area contributed by atoms with E-state index in [0.29, 0.717) is 18.0 Å². The third kappa shape index (κ3) is 2.62. The van der Waals surface area contributed by atoms with E-state index in [1.54, 1.807) is 27.2 Å². The van der Waals surface area contributed by atoms with E-state index in [4.69, 9.17) is 9.47 Å². The molecule has 6 heteroatoms. The predicted octanol–water partition coefficient (Wildman–Crippen LogP) is 4.31. The van der Waals surface area contributed by atoms with E-state index in [0.717, 1.165) is 35.0 Å². The summed E-state index contributed by atoms with van der Waals surface area (Å²) in [6.07, 6.45) is 2.06. The molecule has 5 nitrogen and oxygen atoms in total. The highest BCUT2D eigenvalue weighted by Crippen LogP contribution is 2.58. The Morgan fingerprint density at radius 1 is 1.17 bits per heavy atom. The van der Waals surface area contributed by atoms with E-state index in [9.17, 15) is 9.18 Å². The minimum absolute atomic E-state index is 0.00926. The van der Waals surface area contributed by atoms with E-state index >= 15 is 0 Å². The summed E-state index contributed by atoms with van der Waals surface area (Å²) in [5.74, 6) is 1.01. The standard InChI is InChI=1S/C23H23FN2O3/c1-13(27)26-12-23(7-8-23)20-16-10-18(28-2)19(29-3)11-17(16)25-21(20)22(26)14-5-4-6-15(24)9-14/h4-6,9-11,22,25H,7-8,12H2,1-3H3. The molecule has 1 spiro atoms. The van der Waals surface area contributed by atoms with Gasteiger partial charge in [-0.15, -0.1) is 0 Å². The number of fused-ring (bicyclic) bond motifs is 4. The van der Waals surface area contributed by atoms with Gasteiger partial charge in [0.15, 0.2) is 11.5 Å². The number of aromatic nitrogens is 1. The fourth-order valence-electron chi connectivity index (χ4n) is 4.85. The molecule has 1 aliphatic heterocycles. The first kappa shape index (κ1) is 18.0. The first-order chi connectivity index (χ1) is 14.0. The lowest BCUT2D eigenvalue weighted by Crippen LogP contribution is -2.44. The topological polar surface area (TPSA) is 54.6 Å². The molecular formula is C23H23FN2O3. The maximum Gasteiger partial charge on any atom is 0.220 e. The Bertz CT molecular complexity index is 1130. The summed E-state index contributed by atoms with van der Waals surface area (Å²) in [6.45, 7) is 2.22. The van der Waals surface area contributed by atoms with Crippen LogP contribution >= 0.6 is 0 Å². The van der Waals surface area contributed by atoms with E-state index in [-0.39, 0.29) is 23.2 Å². The van der Waals surface area contributed by atoms with Crippen molar-refractivity contribution in [2.45, 2.75) is 31.2 Å². The van der Waals surface area contributed by atoms with Gasteiger partial charge in [-0.3, -0.25) is 4.79 Å². The lowest BCUT2D eigenvalue weighted by atomic mass is 9.83. The number of hydrogen-bond acceptors (Lipinski definition) is 3. The highest BCUT2D eigenvalue weighted by Gasteiger charge is 2.54. The minimum Gasteiger partial charge on any atom is -0.493 e. The maximum atomic E-state index is 14.0. The van der Waals surface area contributed by atoms with Gasteiger partial charge in [-0.1, -0.05) is 12.1 Å². The van der Waals surface area contributed by atoms with Gasteiger partial charge < -0.3 is 19.4 Å². The number of aromatic amines is 1. The lowest BCUT2D eigenvalue weighted by molar-refractivity contribution is -0.131. The summed E-state index contributed by atoms with van der Waals surface area (Å²) < 4.78 is 25.0. The van der Waals surface area contributed by atoms with Crippen molar-refractivity contribution in [1.82, 2.24) is 9.88 Å². The van der Waals surface area contributed by atoms with Crippen LogP contribution in [0.5, 0.6) is 11.5 Å². The minimum atomic E-state index is -0.353. The number of benzene rings is 2. The van der Waals surface area contributed by atoms with E-state index in [2.05, 4.69) is 4.98 Å². The molecule has 29 heavy (non-hydrogen) atoms. The second-order valence-corrected chi connectivity index (χ2v) is 8.05. The molecule has 2 heterocycles. The van der Waals surface area contributed by atoms with Gasteiger partial charge in [0.05, 0.1) is 20.3 Å². The van der Waals surface area contributed by atoms with E-state index in [1.807, 2.05) is 23.1 Å². The second kappa shape index (κ2) is 6.24. The first-order valence-electron chi connectivity index (χ1n) is 9.78. The van der Waals surface area contributed by atoms with Crippen molar-refractivity contribution in [2.24, 2.45) is 0 Å². The smallest absolute Gasteiger partial charge is 0.220 e. The Labute approximate surface area is 168 Å². The summed E-state index contributed by atoms with van der Waals surface area (Å²) in [6, 6.07) is 10.1. The molecule has 5 rings (SSSR count). The number of nitrogens with zero attached hydrogens (tertiary/aromatic N) is 1. The van der Waals surface area contributed by atoms with Gasteiger partial charge in [0.1, 0.15) is 5.82 Å². The molecule has 0 bridgehead atoms. The van der Waals surface area contributed by atoms with Crippen LogP contribution in [0.3, 0.4) is 0 Å². The van der Waals surface area contributed by atoms with E-state index < -0.39 is 0 Å². The largest absolute Gasteiger partial charge is 0.493 e. The van der Waals surface area contributed by atoms with Gasteiger partial charge in [-0.25, -0.2) is 4.39 Å². The molecule has 1 N–H and O–H groups in total. The number of halogens is 1. The van der Waals surface area contributed by atoms with Gasteiger partial charge in [0.2, 0.25) is 5.91 Å². The molecule has 1 aliphatic carbocycles. The number of ether oxygens (including phenoxy) is 2. The Kier molecular flexibility index (Phi) is 3.88. The molecule has 1 unspecified atom stereocenters. The number of carbonyl (C=O) groups is 1. The average Bonchev–Trinajstić information content (AvgIpc) is 3.36. The molecule has 0 saturated heterocycles. The highest BCUT2D eigenvalue weighted by atomic mass is 19.1. The van der Waals surface area contributed by atoms with Crippen molar-refractivity contribution in [3.05, 3.63) is 59.0 Å². The molecule has 0 radical (unpaired) electrons. The van der Waals surface area contributed by atoms with Crippen LogP contribution in [-0.4, -0.2) is 36.6 Å². The van der Waals surface area contributed by atoms with Gasteiger partial charge in [-0.2, -0.15) is 0 Å². The Morgan fingerprint density at radius 3 is 2.52 bits per heavy atom. The quantitative estimate of drug-likeness (QED) is 0.720. The summed E-state index contributed by atoms with van der Waals surface area (Å²) in [5, 5.41) is 1.08. The molecule has 3 aromatic rings. The van der Waals surface area contributed by atoms with E-state index in [1.165, 1.54) is 17.7 Å². The number of rotatable bonds is 3. The van der Waals surface area contributed by atoms with Crippen molar-refractivity contribution in [2.75, 3.05) is 20.8 Å².